The summed E-state index contributed by atoms with van der Waals surface area (Å²) in [7, 11) is 0. The maximum absolute atomic E-state index is 12.7. The molecular weight excluding hydrogens is 390 g/mol. The first-order valence-electron chi connectivity index (χ1n) is 11.6. The van der Waals surface area contributed by atoms with E-state index in [4.69, 9.17) is 4.74 Å². The second-order valence-electron chi connectivity index (χ2n) is 11.0. The molecule has 2 bridgehead atoms. The van der Waals surface area contributed by atoms with E-state index in [1.54, 1.807) is 0 Å². The summed E-state index contributed by atoms with van der Waals surface area (Å²) in [5.41, 5.74) is 3.15. The van der Waals surface area contributed by atoms with Crippen molar-refractivity contribution in [1.29, 1.82) is 0 Å². The van der Waals surface area contributed by atoms with E-state index < -0.39 is 5.60 Å². The first kappa shape index (κ1) is 19.4. The molecule has 4 aliphatic rings. The van der Waals surface area contributed by atoms with Crippen LogP contribution in [0.5, 0.6) is 0 Å². The van der Waals surface area contributed by atoms with Crippen molar-refractivity contribution in [3.8, 4) is 11.3 Å². The zero-order valence-electron chi connectivity index (χ0n) is 18.5. The van der Waals surface area contributed by atoms with Gasteiger partial charge in [-0.15, -0.1) is 0 Å². The first-order chi connectivity index (χ1) is 14.8. The Kier molecular flexibility index (Phi) is 3.96. The summed E-state index contributed by atoms with van der Waals surface area (Å²) in [6, 6.07) is 8.67. The lowest BCUT2D eigenvalue weighted by molar-refractivity contribution is -0.194. The van der Waals surface area contributed by atoms with Crippen LogP contribution >= 0.6 is 0 Å². The molecule has 6 nitrogen and oxygen atoms in total. The molecule has 3 fully saturated rings. The molecule has 6 rings (SSSR count). The van der Waals surface area contributed by atoms with Crippen LogP contribution in [0.1, 0.15) is 51.6 Å². The number of aliphatic hydroxyl groups excluding tert-OH is 1. The number of aliphatic hydroxyl groups is 1. The Morgan fingerprint density at radius 2 is 1.90 bits per heavy atom. The van der Waals surface area contributed by atoms with Crippen LogP contribution in [0.3, 0.4) is 0 Å². The summed E-state index contributed by atoms with van der Waals surface area (Å²) in [6.45, 7) is 7.14. The Balaban J connectivity index is 1.25. The summed E-state index contributed by atoms with van der Waals surface area (Å²) in [5, 5.41) is 11.7. The molecule has 3 heterocycles. The highest BCUT2D eigenvalue weighted by molar-refractivity contribution is 5.70. The summed E-state index contributed by atoms with van der Waals surface area (Å²) < 4.78 is 7.89. The van der Waals surface area contributed by atoms with Gasteiger partial charge in [0.05, 0.1) is 30.4 Å². The van der Waals surface area contributed by atoms with E-state index in [0.29, 0.717) is 24.9 Å². The minimum absolute atomic E-state index is 0.0541. The minimum Gasteiger partial charge on any atom is -0.444 e. The summed E-state index contributed by atoms with van der Waals surface area (Å²) in [5.74, 6) is 0.889. The lowest BCUT2D eigenvalue weighted by Crippen LogP contribution is -2.65. The topological polar surface area (TPSA) is 67.6 Å². The van der Waals surface area contributed by atoms with Crippen LogP contribution in [-0.2, 0) is 4.74 Å². The molecule has 2 aromatic rings. The fourth-order valence-electron chi connectivity index (χ4n) is 7.17. The van der Waals surface area contributed by atoms with Crippen LogP contribution in [0.4, 0.5) is 4.79 Å². The zero-order chi connectivity index (χ0) is 21.5. The lowest BCUT2D eigenvalue weighted by Gasteiger charge is -2.61. The minimum atomic E-state index is -0.481. The SMILES string of the molecule is CC(C)(C)OC(=O)N1CC2CCC(C1)C21C[C@@H]([C@H]2c3ccccc3-c3cncn32)[C@@H]1O. The summed E-state index contributed by atoms with van der Waals surface area (Å²) in [6.07, 6.45) is 6.48. The highest BCUT2D eigenvalue weighted by Gasteiger charge is 2.67. The number of imidazole rings is 1. The van der Waals surface area contributed by atoms with E-state index in [9.17, 15) is 9.90 Å². The van der Waals surface area contributed by atoms with Gasteiger partial charge in [0, 0.05) is 30.0 Å². The third-order valence-electron chi connectivity index (χ3n) is 8.39. The number of piperidine rings is 1. The van der Waals surface area contributed by atoms with Gasteiger partial charge < -0.3 is 19.3 Å². The molecule has 6 heteroatoms. The number of hydrogen-bond acceptors (Lipinski definition) is 4. The number of nitrogens with zero attached hydrogens (tertiary/aromatic N) is 3. The van der Waals surface area contributed by atoms with Crippen LogP contribution < -0.4 is 0 Å². The van der Waals surface area contributed by atoms with E-state index in [1.165, 1.54) is 11.1 Å². The predicted molar refractivity (Wildman–Crippen MR) is 116 cm³/mol. The number of fused-ring (bicyclic) bond motifs is 3. The van der Waals surface area contributed by atoms with Crippen molar-refractivity contribution in [1.82, 2.24) is 14.5 Å². The zero-order valence-corrected chi connectivity index (χ0v) is 18.5. The number of aromatic nitrogens is 2. The van der Waals surface area contributed by atoms with Gasteiger partial charge in [-0.05, 0) is 57.4 Å². The van der Waals surface area contributed by atoms with Gasteiger partial charge in [-0.25, -0.2) is 9.78 Å². The van der Waals surface area contributed by atoms with Gasteiger partial charge in [-0.2, -0.15) is 0 Å². The second-order valence-corrected chi connectivity index (χ2v) is 11.0. The number of likely N-dealkylation sites (tertiary alicyclic amines) is 1. The van der Waals surface area contributed by atoms with Gasteiger partial charge in [0.25, 0.3) is 0 Å². The Morgan fingerprint density at radius 3 is 2.58 bits per heavy atom. The van der Waals surface area contributed by atoms with E-state index in [-0.39, 0.29) is 29.6 Å². The number of carbonyl (C=O) groups is 1. The molecule has 1 aromatic heterocycles. The average molecular weight is 422 g/mol. The molecule has 31 heavy (non-hydrogen) atoms. The third-order valence-corrected chi connectivity index (χ3v) is 8.39. The number of ether oxygens (including phenoxy) is 1. The van der Waals surface area contributed by atoms with Crippen LogP contribution in [-0.4, -0.2) is 50.4 Å². The molecule has 0 radical (unpaired) electrons. The molecule has 1 spiro atoms. The fourth-order valence-corrected chi connectivity index (χ4v) is 7.17. The Bertz CT molecular complexity index is 1020. The third kappa shape index (κ3) is 2.60. The molecule has 5 atom stereocenters. The molecule has 1 saturated heterocycles. The highest BCUT2D eigenvalue weighted by Crippen LogP contribution is 2.67. The number of amides is 1. The van der Waals surface area contributed by atoms with Crippen LogP contribution in [0, 0.1) is 23.2 Å². The van der Waals surface area contributed by atoms with Gasteiger partial charge in [-0.1, -0.05) is 24.3 Å². The highest BCUT2D eigenvalue weighted by atomic mass is 16.6. The molecule has 1 aromatic carbocycles. The van der Waals surface area contributed by atoms with Crippen LogP contribution in [0.15, 0.2) is 36.8 Å². The number of benzene rings is 1. The van der Waals surface area contributed by atoms with Crippen molar-refractivity contribution in [3.63, 3.8) is 0 Å². The molecule has 1 N–H and O–H groups in total. The van der Waals surface area contributed by atoms with E-state index in [1.807, 2.05) is 38.2 Å². The number of rotatable bonds is 1. The van der Waals surface area contributed by atoms with Crippen molar-refractivity contribution < 1.29 is 14.6 Å². The smallest absolute Gasteiger partial charge is 0.410 e. The van der Waals surface area contributed by atoms with Crippen molar-refractivity contribution in [2.24, 2.45) is 23.2 Å². The maximum atomic E-state index is 12.7. The summed E-state index contributed by atoms with van der Waals surface area (Å²) in [4.78, 5) is 19.0. The van der Waals surface area contributed by atoms with Crippen LogP contribution in [0.2, 0.25) is 0 Å². The van der Waals surface area contributed by atoms with E-state index >= 15 is 0 Å². The van der Waals surface area contributed by atoms with Crippen LogP contribution in [0.25, 0.3) is 11.3 Å². The van der Waals surface area contributed by atoms with Crippen molar-refractivity contribution in [3.05, 3.63) is 42.4 Å². The Labute approximate surface area is 183 Å². The molecule has 2 aliphatic carbocycles. The quantitative estimate of drug-likeness (QED) is 0.753. The van der Waals surface area contributed by atoms with Crippen molar-refractivity contribution in [2.45, 2.75) is 57.8 Å². The number of hydrogen-bond donors (Lipinski definition) is 1. The monoisotopic (exact) mass is 421 g/mol. The van der Waals surface area contributed by atoms with E-state index in [0.717, 1.165) is 25.0 Å². The maximum Gasteiger partial charge on any atom is 0.410 e. The van der Waals surface area contributed by atoms with Gasteiger partial charge in [0.2, 0.25) is 0 Å². The molecule has 2 saturated carbocycles. The normalized spacial score (nSPS) is 35.6. The standard InChI is InChI=1S/C25H31N3O3/c1-24(2,3)31-23(30)27-12-15-8-9-16(13-27)25(15)10-19(22(25)29)21-18-7-5-4-6-17(18)20-11-26-14-28(20)21/h4-7,11,14-16,19,21-22,29H,8-10,12-13H2,1-3H3/t15?,16?,19-,21+,22-,25?/m0/s1. The number of carbonyl (C=O) groups excluding carboxylic acids is 1. The van der Waals surface area contributed by atoms with Gasteiger partial charge in [0.1, 0.15) is 5.60 Å². The first-order valence-corrected chi connectivity index (χ1v) is 11.6. The van der Waals surface area contributed by atoms with Crippen molar-refractivity contribution >= 4 is 6.09 Å². The van der Waals surface area contributed by atoms with Gasteiger partial charge >= 0.3 is 6.09 Å². The van der Waals surface area contributed by atoms with E-state index in [2.05, 4.69) is 33.8 Å². The fraction of sp³-hybridized carbons (Fsp3) is 0.600. The largest absolute Gasteiger partial charge is 0.444 e. The Morgan fingerprint density at radius 1 is 1.19 bits per heavy atom. The predicted octanol–water partition coefficient (Wildman–Crippen LogP) is 4.10. The Hall–Kier alpha value is -2.34. The second kappa shape index (κ2) is 6.35. The molecular formula is C25H31N3O3. The van der Waals surface area contributed by atoms with Gasteiger partial charge in [0.15, 0.2) is 0 Å². The lowest BCUT2D eigenvalue weighted by atomic mass is 9.48. The molecule has 164 valence electrons. The molecule has 1 amide bonds. The summed E-state index contributed by atoms with van der Waals surface area (Å²) >= 11 is 0. The molecule has 2 aliphatic heterocycles. The molecule has 2 unspecified atom stereocenters. The average Bonchev–Trinajstić information content (AvgIpc) is 3.35. The van der Waals surface area contributed by atoms with Gasteiger partial charge in [-0.3, -0.25) is 0 Å². The van der Waals surface area contributed by atoms with Crippen molar-refractivity contribution in [2.75, 3.05) is 13.1 Å².